The number of amidine groups is 1. The van der Waals surface area contributed by atoms with E-state index in [4.69, 9.17) is 0 Å². The van der Waals surface area contributed by atoms with Gasteiger partial charge >= 0.3 is 0 Å². The normalized spacial score (nSPS) is 14.0. The fourth-order valence-electron chi connectivity index (χ4n) is 1.31. The van der Waals surface area contributed by atoms with Gasteiger partial charge in [-0.15, -0.1) is 10.5 Å². The molecule has 0 amide bonds. The summed E-state index contributed by atoms with van der Waals surface area (Å²) in [7, 11) is 0. The fraction of sp³-hybridized carbons (Fsp3) is 0. The molecule has 1 aromatic carbocycles. The van der Waals surface area contributed by atoms with Crippen LogP contribution < -0.4 is 5.43 Å². The minimum atomic E-state index is 0.348. The number of rotatable bonds is 1. The van der Waals surface area contributed by atoms with Gasteiger partial charge in [0.05, 0.1) is 5.52 Å². The van der Waals surface area contributed by atoms with Crippen LogP contribution in [0.3, 0.4) is 0 Å². The Bertz CT molecular complexity index is 574. The summed E-state index contributed by atoms with van der Waals surface area (Å²) in [5.41, 5.74) is 4.55. The van der Waals surface area contributed by atoms with Gasteiger partial charge in [-0.1, -0.05) is 18.2 Å². The van der Waals surface area contributed by atoms with Crippen LogP contribution in [0.2, 0.25) is 0 Å². The van der Waals surface area contributed by atoms with Crippen molar-refractivity contribution in [1.29, 1.82) is 0 Å². The molecule has 71 valence electrons. The molecule has 2 aromatic rings. The van der Waals surface area contributed by atoms with Crippen LogP contribution in [0.1, 0.15) is 5.82 Å². The lowest BCUT2D eigenvalue weighted by Gasteiger charge is -1.98. The Morgan fingerprint density at radius 1 is 1.00 bits per heavy atom. The molecule has 3 rings (SSSR count). The first kappa shape index (κ1) is 7.98. The first-order valence-electron chi connectivity index (χ1n) is 4.34. The van der Waals surface area contributed by atoms with E-state index in [0.717, 1.165) is 10.9 Å². The molecule has 0 aliphatic carbocycles. The molecule has 1 radical (unpaired) electrons. The second kappa shape index (κ2) is 3.09. The second-order valence-electron chi connectivity index (χ2n) is 2.95. The van der Waals surface area contributed by atoms with Gasteiger partial charge in [0, 0.05) is 11.6 Å². The van der Waals surface area contributed by atoms with Crippen LogP contribution in [-0.2, 0) is 0 Å². The van der Waals surface area contributed by atoms with Crippen LogP contribution in [0.4, 0.5) is 0 Å². The maximum Gasteiger partial charge on any atom is 0.244 e. The molecule has 0 N–H and O–H groups in total. The lowest BCUT2D eigenvalue weighted by molar-refractivity contribution is 0.918. The van der Waals surface area contributed by atoms with Gasteiger partial charge in [0.15, 0.2) is 0 Å². The topological polar surface area (TPSA) is 77.0 Å². The second-order valence-corrected chi connectivity index (χ2v) is 2.95. The molecule has 0 saturated heterocycles. The molecule has 1 aromatic heterocycles. The molecule has 0 saturated carbocycles. The minimum Gasteiger partial charge on any atom is -0.233 e. The number of hydrogen-bond donors (Lipinski definition) is 0. The summed E-state index contributed by atoms with van der Waals surface area (Å²) in [5, 5.41) is 11.5. The van der Waals surface area contributed by atoms with Crippen LogP contribution in [0.15, 0.2) is 46.0 Å². The minimum absolute atomic E-state index is 0.348. The Labute approximate surface area is 84.7 Å². The molecule has 0 spiro atoms. The van der Waals surface area contributed by atoms with Gasteiger partial charge in [-0.25, -0.2) is 9.97 Å². The largest absolute Gasteiger partial charge is 0.244 e. The van der Waals surface area contributed by atoms with E-state index in [9.17, 15) is 0 Å². The van der Waals surface area contributed by atoms with E-state index in [2.05, 4.69) is 30.9 Å². The van der Waals surface area contributed by atoms with Crippen molar-refractivity contribution in [2.75, 3.05) is 0 Å². The van der Waals surface area contributed by atoms with Crippen LogP contribution in [0, 0.1) is 0 Å². The summed E-state index contributed by atoms with van der Waals surface area (Å²) in [6, 6.07) is 7.71. The van der Waals surface area contributed by atoms with Crippen LogP contribution >= 0.6 is 0 Å². The number of nitrogens with zero attached hydrogens (tertiary/aromatic N) is 6. The highest BCUT2D eigenvalue weighted by Crippen LogP contribution is 2.10. The molecular weight excluding hydrogens is 192 g/mol. The molecule has 0 fully saturated rings. The van der Waals surface area contributed by atoms with Crippen LogP contribution in [0.25, 0.3) is 10.9 Å². The van der Waals surface area contributed by atoms with Gasteiger partial charge in [0.25, 0.3) is 0 Å². The van der Waals surface area contributed by atoms with Crippen molar-refractivity contribution < 1.29 is 0 Å². The van der Waals surface area contributed by atoms with Gasteiger partial charge in [-0.2, -0.15) is 0 Å². The summed E-state index contributed by atoms with van der Waals surface area (Å²) >= 11 is 0. The Balaban J connectivity index is 2.14. The van der Waals surface area contributed by atoms with E-state index in [-0.39, 0.29) is 0 Å². The van der Waals surface area contributed by atoms with Gasteiger partial charge < -0.3 is 0 Å². The third-order valence-electron chi connectivity index (χ3n) is 2.01. The van der Waals surface area contributed by atoms with Crippen molar-refractivity contribution >= 4 is 16.7 Å². The predicted octanol–water partition coefficient (Wildman–Crippen LogP) is 1.28. The molecular formula is C9H5N6. The Morgan fingerprint density at radius 2 is 1.93 bits per heavy atom. The first-order chi connectivity index (χ1) is 7.43. The summed E-state index contributed by atoms with van der Waals surface area (Å²) in [4.78, 5) is 8.43. The van der Waals surface area contributed by atoms with Crippen LogP contribution in [0.5, 0.6) is 0 Å². The predicted molar refractivity (Wildman–Crippen MR) is 53.1 cm³/mol. The summed E-state index contributed by atoms with van der Waals surface area (Å²) in [6.07, 6.45) is 1.73. The van der Waals surface area contributed by atoms with Crippen LogP contribution in [-0.4, -0.2) is 15.8 Å². The molecule has 1 aliphatic heterocycles. The number of para-hydroxylation sites is 1. The number of benzene rings is 1. The van der Waals surface area contributed by atoms with Crippen molar-refractivity contribution in [1.82, 2.24) is 15.4 Å². The van der Waals surface area contributed by atoms with Gasteiger partial charge in [0.2, 0.25) is 11.7 Å². The fourth-order valence-corrected chi connectivity index (χ4v) is 1.31. The highest BCUT2D eigenvalue weighted by molar-refractivity contribution is 5.96. The van der Waals surface area contributed by atoms with Crippen molar-refractivity contribution in [3.05, 3.63) is 36.3 Å². The Kier molecular flexibility index (Phi) is 1.64. The third-order valence-corrected chi connectivity index (χ3v) is 2.01. The molecule has 0 unspecified atom stereocenters. The smallest absolute Gasteiger partial charge is 0.233 e. The van der Waals surface area contributed by atoms with Gasteiger partial charge in [-0.3, -0.25) is 0 Å². The van der Waals surface area contributed by atoms with Crippen molar-refractivity contribution in [3.8, 4) is 0 Å². The molecule has 15 heavy (non-hydrogen) atoms. The zero-order valence-corrected chi connectivity index (χ0v) is 7.57. The average Bonchev–Trinajstić information content (AvgIpc) is 2.82. The molecule has 0 bridgehead atoms. The van der Waals surface area contributed by atoms with Crippen molar-refractivity contribution in [2.24, 2.45) is 15.5 Å². The molecule has 6 heteroatoms. The van der Waals surface area contributed by atoms with E-state index in [1.165, 1.54) is 0 Å². The lowest BCUT2D eigenvalue weighted by atomic mass is 10.2. The Hall–Kier alpha value is -2.37. The highest BCUT2D eigenvalue weighted by atomic mass is 15.6. The molecule has 0 atom stereocenters. The molecule has 2 heterocycles. The van der Waals surface area contributed by atoms with E-state index >= 15 is 0 Å². The Morgan fingerprint density at radius 3 is 2.80 bits per heavy atom. The van der Waals surface area contributed by atoms with E-state index in [1.807, 2.05) is 24.3 Å². The zero-order valence-electron chi connectivity index (χ0n) is 7.57. The summed E-state index contributed by atoms with van der Waals surface area (Å²) in [6.45, 7) is 0. The summed E-state index contributed by atoms with van der Waals surface area (Å²) < 4.78 is 0. The van der Waals surface area contributed by atoms with Crippen molar-refractivity contribution in [2.45, 2.75) is 0 Å². The van der Waals surface area contributed by atoms with E-state index in [1.54, 1.807) is 6.20 Å². The highest BCUT2D eigenvalue weighted by Gasteiger charge is 2.12. The standard InChI is InChI=1S/C9H5N6/c1-2-4-7-6(3-1)5-10-8(11-7)9-12-14-15-13-9/h1-5H. The third kappa shape index (κ3) is 1.32. The average molecular weight is 197 g/mol. The maximum absolute atomic E-state index is 4.30. The van der Waals surface area contributed by atoms with E-state index < -0.39 is 0 Å². The maximum atomic E-state index is 4.30. The van der Waals surface area contributed by atoms with E-state index in [0.29, 0.717) is 11.7 Å². The first-order valence-corrected chi connectivity index (χ1v) is 4.34. The zero-order chi connectivity index (χ0) is 10.1. The van der Waals surface area contributed by atoms with Gasteiger partial charge in [-0.05, 0) is 16.5 Å². The molecule has 6 nitrogen and oxygen atoms in total. The number of hydrogen-bond acceptors (Lipinski definition) is 5. The lowest BCUT2D eigenvalue weighted by Crippen LogP contribution is -2.12. The quantitative estimate of drug-likeness (QED) is 0.690. The molecule has 1 aliphatic rings. The number of fused-ring (bicyclic) bond motifs is 1. The van der Waals surface area contributed by atoms with Crippen molar-refractivity contribution in [3.63, 3.8) is 0 Å². The SMILES string of the molecule is c1ccc2nc(C3=NN=N[N]3)ncc2c1. The summed E-state index contributed by atoms with van der Waals surface area (Å²) in [5.74, 6) is 0.791. The monoisotopic (exact) mass is 197 g/mol. The van der Waals surface area contributed by atoms with Gasteiger partial charge in [0.1, 0.15) is 0 Å². The number of aromatic nitrogens is 2.